The van der Waals surface area contributed by atoms with Crippen LogP contribution in [-0.2, 0) is 25.8 Å². The van der Waals surface area contributed by atoms with Crippen LogP contribution in [0.2, 0.25) is 0 Å². The van der Waals surface area contributed by atoms with Gasteiger partial charge in [-0.2, -0.15) is 19.3 Å². The molecule has 0 aromatic rings. The standard InChI is InChI=1S/3C8H17.Hf.H2O/c3*1-3-5-7-8-6-4-2;;/h3*1,3-8H2,2H3;;1H2/q3*-1;+4;/p-1. The fraction of sp³-hybridized carbons (Fsp3) is 0.875. The van der Waals surface area contributed by atoms with E-state index in [9.17, 15) is 0 Å². The van der Waals surface area contributed by atoms with Gasteiger partial charge in [-0.25, -0.2) is 0 Å². The summed E-state index contributed by atoms with van der Waals surface area (Å²) >= 11 is 0. The number of hydrogen-bond acceptors (Lipinski definition) is 1. The van der Waals surface area contributed by atoms with Gasteiger partial charge in [-0.15, -0.1) is 0 Å². The average Bonchev–Trinajstić information content (AvgIpc) is 2.61. The zero-order valence-corrected chi connectivity index (χ0v) is 22.4. The summed E-state index contributed by atoms with van der Waals surface area (Å²) in [6, 6.07) is 0. The predicted molar refractivity (Wildman–Crippen MR) is 118 cm³/mol. The molecular weight excluding hydrogens is 483 g/mol. The van der Waals surface area contributed by atoms with Gasteiger partial charge in [-0.05, 0) is 0 Å². The molecule has 0 aliphatic carbocycles. The third-order valence-electron chi connectivity index (χ3n) is 4.06. The van der Waals surface area contributed by atoms with E-state index in [2.05, 4.69) is 41.5 Å². The van der Waals surface area contributed by atoms with E-state index in [0.29, 0.717) is 0 Å². The summed E-state index contributed by atoms with van der Waals surface area (Å²) in [5.41, 5.74) is 0. The first-order chi connectivity index (χ1) is 11.7. The van der Waals surface area contributed by atoms with E-state index in [1.54, 1.807) is 0 Å². The summed E-state index contributed by atoms with van der Waals surface area (Å²) in [4.78, 5) is 0. The van der Waals surface area contributed by atoms with Gasteiger partial charge in [-0.3, -0.25) is 0 Å². The monoisotopic (exact) mass is 536 g/mol. The molecule has 26 heavy (non-hydrogen) atoms. The van der Waals surface area contributed by atoms with Gasteiger partial charge in [0.15, 0.2) is 0 Å². The number of rotatable bonds is 15. The Bertz CT molecular complexity index is 116. The smallest absolute Gasteiger partial charge is 0.870 e. The van der Waals surface area contributed by atoms with Crippen LogP contribution < -0.4 is 0 Å². The largest absolute Gasteiger partial charge is 4.00 e. The van der Waals surface area contributed by atoms with Gasteiger partial charge in [0.05, 0.1) is 0 Å². The van der Waals surface area contributed by atoms with Crippen LogP contribution >= 0.6 is 0 Å². The molecule has 0 aromatic carbocycles. The van der Waals surface area contributed by atoms with Crippen LogP contribution in [0.3, 0.4) is 0 Å². The minimum Gasteiger partial charge on any atom is -0.870 e. The Labute approximate surface area is 188 Å². The first-order valence-electron chi connectivity index (χ1n) is 11.1. The molecule has 0 atom stereocenters. The van der Waals surface area contributed by atoms with Crippen LogP contribution in [0.1, 0.15) is 136 Å². The van der Waals surface area contributed by atoms with Gasteiger partial charge < -0.3 is 26.2 Å². The maximum absolute atomic E-state index is 3.78. The fourth-order valence-electron chi connectivity index (χ4n) is 2.34. The zero-order chi connectivity index (χ0) is 18.7. The van der Waals surface area contributed by atoms with Gasteiger partial charge in [0, 0.05) is 0 Å². The Morgan fingerprint density at radius 2 is 0.577 bits per heavy atom. The second kappa shape index (κ2) is 44.9. The van der Waals surface area contributed by atoms with E-state index >= 15 is 0 Å². The van der Waals surface area contributed by atoms with Crippen LogP contribution in [0.5, 0.6) is 0 Å². The molecule has 0 saturated heterocycles. The van der Waals surface area contributed by atoms with Crippen molar-refractivity contribution < 1.29 is 31.3 Å². The summed E-state index contributed by atoms with van der Waals surface area (Å²) in [5.74, 6) is 0. The molecule has 0 aromatic heterocycles. The van der Waals surface area contributed by atoms with Crippen molar-refractivity contribution in [1.82, 2.24) is 0 Å². The van der Waals surface area contributed by atoms with Crippen molar-refractivity contribution in [1.29, 1.82) is 0 Å². The second-order valence-corrected chi connectivity index (χ2v) is 6.80. The normalized spacial score (nSPS) is 9.00. The van der Waals surface area contributed by atoms with Crippen molar-refractivity contribution in [3.63, 3.8) is 0 Å². The van der Waals surface area contributed by atoms with Crippen molar-refractivity contribution in [2.24, 2.45) is 0 Å². The van der Waals surface area contributed by atoms with Crippen LogP contribution in [0.4, 0.5) is 0 Å². The average molecular weight is 535 g/mol. The Balaban J connectivity index is -0.0000000817. The Morgan fingerprint density at radius 1 is 0.385 bits per heavy atom. The third kappa shape index (κ3) is 56.3. The van der Waals surface area contributed by atoms with Crippen molar-refractivity contribution in [3.8, 4) is 0 Å². The fourth-order valence-corrected chi connectivity index (χ4v) is 2.34. The molecule has 1 nitrogen and oxygen atoms in total. The van der Waals surface area contributed by atoms with Gasteiger partial charge in [-0.1, -0.05) is 117 Å². The molecule has 0 heterocycles. The molecule has 0 aliphatic rings. The van der Waals surface area contributed by atoms with Crippen LogP contribution in [0.25, 0.3) is 0 Å². The van der Waals surface area contributed by atoms with Crippen molar-refractivity contribution in [3.05, 3.63) is 20.8 Å². The summed E-state index contributed by atoms with van der Waals surface area (Å²) in [6.45, 7) is 18.1. The van der Waals surface area contributed by atoms with Crippen molar-refractivity contribution >= 4 is 0 Å². The van der Waals surface area contributed by atoms with Gasteiger partial charge in [0.25, 0.3) is 0 Å². The predicted octanol–water partition coefficient (Wildman–Crippen LogP) is 9.36. The quantitative estimate of drug-likeness (QED) is 0.117. The third-order valence-corrected chi connectivity index (χ3v) is 4.06. The van der Waals surface area contributed by atoms with E-state index in [1.807, 2.05) is 0 Å². The molecule has 0 aliphatic heterocycles. The van der Waals surface area contributed by atoms with Gasteiger partial charge in [0.1, 0.15) is 0 Å². The molecule has 1 N–H and O–H groups in total. The second-order valence-electron chi connectivity index (χ2n) is 6.80. The summed E-state index contributed by atoms with van der Waals surface area (Å²) < 4.78 is 0. The van der Waals surface area contributed by atoms with Crippen LogP contribution in [0, 0.1) is 20.8 Å². The molecule has 2 heteroatoms. The summed E-state index contributed by atoms with van der Waals surface area (Å²) in [6.07, 6.45) is 23.9. The number of hydrogen-bond donors (Lipinski definition) is 0. The molecule has 0 bridgehead atoms. The van der Waals surface area contributed by atoms with Crippen molar-refractivity contribution in [2.45, 2.75) is 136 Å². The molecule has 0 saturated carbocycles. The minimum absolute atomic E-state index is 0. The topological polar surface area (TPSA) is 30.0 Å². The van der Waals surface area contributed by atoms with Gasteiger partial charge in [0.2, 0.25) is 0 Å². The zero-order valence-electron chi connectivity index (χ0n) is 18.8. The minimum atomic E-state index is 0. The van der Waals surface area contributed by atoms with Crippen LogP contribution in [-0.4, -0.2) is 5.48 Å². The Morgan fingerprint density at radius 3 is 0.731 bits per heavy atom. The molecule has 0 amide bonds. The molecule has 0 fully saturated rings. The van der Waals surface area contributed by atoms with Gasteiger partial charge >= 0.3 is 25.8 Å². The van der Waals surface area contributed by atoms with Crippen LogP contribution in [0.15, 0.2) is 0 Å². The molecular formula is C24H52HfO. The van der Waals surface area contributed by atoms with E-state index in [1.165, 1.54) is 96.3 Å². The van der Waals surface area contributed by atoms with E-state index in [-0.39, 0.29) is 31.3 Å². The first-order valence-corrected chi connectivity index (χ1v) is 11.1. The molecule has 0 rings (SSSR count). The number of unbranched alkanes of at least 4 members (excludes halogenated alkanes) is 15. The summed E-state index contributed by atoms with van der Waals surface area (Å²) in [5, 5.41) is 0. The van der Waals surface area contributed by atoms with E-state index < -0.39 is 0 Å². The first kappa shape index (κ1) is 37.6. The SMILES string of the molecule is [CH2-]CCCCCCC.[CH2-]CCCCCCC.[CH2-]CCCCCCC.[Hf+4].[OH-]. The molecule has 0 spiro atoms. The van der Waals surface area contributed by atoms with E-state index in [4.69, 9.17) is 0 Å². The van der Waals surface area contributed by atoms with E-state index in [0.717, 1.165) is 19.3 Å². The molecule has 0 unspecified atom stereocenters. The maximum Gasteiger partial charge on any atom is 4.00 e. The van der Waals surface area contributed by atoms with Crippen molar-refractivity contribution in [2.75, 3.05) is 0 Å². The maximum atomic E-state index is 3.78. The summed E-state index contributed by atoms with van der Waals surface area (Å²) in [7, 11) is 0. The Kier molecular flexibility index (Phi) is 64.9. The molecule has 0 radical (unpaired) electrons. The Hall–Kier alpha value is 0.830. The molecule has 158 valence electrons.